The second-order valence-corrected chi connectivity index (χ2v) is 7.48. The summed E-state index contributed by atoms with van der Waals surface area (Å²) in [6, 6.07) is 5.95. The molecule has 0 bridgehead atoms. The van der Waals surface area contributed by atoms with Crippen molar-refractivity contribution in [1.29, 1.82) is 0 Å². The highest BCUT2D eigenvalue weighted by Crippen LogP contribution is 2.35. The number of hydrogen-bond acceptors (Lipinski definition) is 5. The van der Waals surface area contributed by atoms with Crippen molar-refractivity contribution in [3.63, 3.8) is 0 Å². The second kappa shape index (κ2) is 7.91. The molecule has 1 saturated heterocycles. The van der Waals surface area contributed by atoms with Crippen LogP contribution in [0.15, 0.2) is 33.6 Å². The Labute approximate surface area is 155 Å². The van der Waals surface area contributed by atoms with Crippen LogP contribution in [0.3, 0.4) is 0 Å². The Morgan fingerprint density at radius 3 is 2.46 bits per heavy atom. The van der Waals surface area contributed by atoms with Crippen molar-refractivity contribution >= 4 is 68.2 Å². The van der Waals surface area contributed by atoms with Crippen molar-refractivity contribution in [1.82, 2.24) is 4.90 Å². The molecule has 2 N–H and O–H groups in total. The molecule has 1 amide bonds. The number of nitrogens with zero attached hydrogens (tertiary/aromatic N) is 1. The Hall–Kier alpha value is -1.71. The van der Waals surface area contributed by atoms with E-state index in [-0.39, 0.29) is 17.2 Å². The molecular weight excluding hydrogens is 418 g/mol. The SMILES string of the molecule is O=C(O)CC[C@@H](C(=O)O)N1C(=O)/C(=C/c2ccc(Br)cc2)SC1=S. The molecular formula is C15H12BrNO5S2. The number of carboxylic acid groups (broad SMARTS) is 2. The number of carbonyl (C=O) groups excluding carboxylic acids is 1. The van der Waals surface area contributed by atoms with Crippen LogP contribution >= 0.6 is 39.9 Å². The lowest BCUT2D eigenvalue weighted by molar-refractivity contribution is -0.146. The van der Waals surface area contributed by atoms with Gasteiger partial charge in [0.2, 0.25) is 0 Å². The number of amides is 1. The van der Waals surface area contributed by atoms with Gasteiger partial charge < -0.3 is 10.2 Å². The monoisotopic (exact) mass is 429 g/mol. The van der Waals surface area contributed by atoms with Gasteiger partial charge in [0.1, 0.15) is 10.4 Å². The van der Waals surface area contributed by atoms with Crippen molar-refractivity contribution in [3.8, 4) is 0 Å². The minimum atomic E-state index is -1.29. The molecule has 1 atom stereocenters. The highest BCUT2D eigenvalue weighted by atomic mass is 79.9. The normalized spacial score (nSPS) is 17.4. The first-order valence-electron chi connectivity index (χ1n) is 6.77. The number of rotatable bonds is 6. The maximum absolute atomic E-state index is 12.5. The molecule has 6 nitrogen and oxygen atoms in total. The van der Waals surface area contributed by atoms with Crippen LogP contribution in [0.5, 0.6) is 0 Å². The number of halogens is 1. The van der Waals surface area contributed by atoms with Crippen LogP contribution in [0.4, 0.5) is 0 Å². The molecule has 1 aliphatic rings. The van der Waals surface area contributed by atoms with Crippen molar-refractivity contribution in [2.75, 3.05) is 0 Å². The van der Waals surface area contributed by atoms with E-state index in [1.165, 1.54) is 0 Å². The molecule has 0 radical (unpaired) electrons. The molecule has 1 fully saturated rings. The third-order valence-corrected chi connectivity index (χ3v) is 5.08. The summed E-state index contributed by atoms with van der Waals surface area (Å²) in [4.78, 5) is 35.9. The van der Waals surface area contributed by atoms with E-state index in [1.807, 2.05) is 12.1 Å². The lowest BCUT2D eigenvalue weighted by atomic mass is 10.1. The summed E-state index contributed by atoms with van der Waals surface area (Å²) in [5, 5.41) is 18.0. The van der Waals surface area contributed by atoms with Gasteiger partial charge in [-0.1, -0.05) is 52.0 Å². The van der Waals surface area contributed by atoms with E-state index >= 15 is 0 Å². The van der Waals surface area contributed by atoms with Crippen LogP contribution in [0.1, 0.15) is 18.4 Å². The molecule has 0 aromatic heterocycles. The van der Waals surface area contributed by atoms with Crippen LogP contribution in [0.2, 0.25) is 0 Å². The van der Waals surface area contributed by atoms with Crippen LogP contribution < -0.4 is 0 Å². The van der Waals surface area contributed by atoms with Crippen molar-refractivity contribution < 1.29 is 24.6 Å². The first kappa shape index (κ1) is 18.6. The number of thioether (sulfide) groups is 1. The van der Waals surface area contributed by atoms with Gasteiger partial charge in [0.05, 0.1) is 4.91 Å². The maximum atomic E-state index is 12.5. The fraction of sp³-hybridized carbons (Fsp3) is 0.200. The lowest BCUT2D eigenvalue weighted by Gasteiger charge is -2.22. The summed E-state index contributed by atoms with van der Waals surface area (Å²) in [5.41, 5.74) is 0.774. The molecule has 9 heteroatoms. The zero-order chi connectivity index (χ0) is 17.9. The van der Waals surface area contributed by atoms with Gasteiger partial charge in [0, 0.05) is 10.9 Å². The van der Waals surface area contributed by atoms with E-state index in [0.29, 0.717) is 4.91 Å². The summed E-state index contributed by atoms with van der Waals surface area (Å²) >= 11 is 9.44. The molecule has 0 spiro atoms. The Morgan fingerprint density at radius 1 is 1.29 bits per heavy atom. The van der Waals surface area contributed by atoms with Gasteiger partial charge in [-0.2, -0.15) is 0 Å². The van der Waals surface area contributed by atoms with E-state index < -0.39 is 23.9 Å². The zero-order valence-electron chi connectivity index (χ0n) is 12.1. The van der Waals surface area contributed by atoms with E-state index in [0.717, 1.165) is 26.7 Å². The van der Waals surface area contributed by atoms with Crippen LogP contribution in [-0.2, 0) is 14.4 Å². The number of hydrogen-bond donors (Lipinski definition) is 2. The Kier molecular flexibility index (Phi) is 6.14. The summed E-state index contributed by atoms with van der Waals surface area (Å²) < 4.78 is 1.01. The Bertz CT molecular complexity index is 732. The van der Waals surface area contributed by atoms with Gasteiger partial charge in [0.25, 0.3) is 5.91 Å². The Morgan fingerprint density at radius 2 is 1.92 bits per heavy atom. The molecule has 24 heavy (non-hydrogen) atoms. The predicted molar refractivity (Wildman–Crippen MR) is 97.4 cm³/mol. The molecule has 0 unspecified atom stereocenters. The minimum Gasteiger partial charge on any atom is -0.481 e. The highest BCUT2D eigenvalue weighted by molar-refractivity contribution is 9.10. The summed E-state index contributed by atoms with van der Waals surface area (Å²) in [6.07, 6.45) is 1.06. The molecule has 0 aliphatic carbocycles. The fourth-order valence-electron chi connectivity index (χ4n) is 2.08. The first-order chi connectivity index (χ1) is 11.3. The minimum absolute atomic E-state index is 0.112. The van der Waals surface area contributed by atoms with Crippen molar-refractivity contribution in [2.24, 2.45) is 0 Å². The average Bonchev–Trinajstić information content (AvgIpc) is 2.77. The van der Waals surface area contributed by atoms with Gasteiger partial charge in [0.15, 0.2) is 0 Å². The quantitative estimate of drug-likeness (QED) is 0.529. The zero-order valence-corrected chi connectivity index (χ0v) is 15.4. The maximum Gasteiger partial charge on any atom is 0.326 e. The van der Waals surface area contributed by atoms with Gasteiger partial charge in [-0.05, 0) is 30.2 Å². The highest BCUT2D eigenvalue weighted by Gasteiger charge is 2.40. The number of carboxylic acids is 2. The Balaban J connectivity index is 2.24. The van der Waals surface area contributed by atoms with Crippen molar-refractivity contribution in [2.45, 2.75) is 18.9 Å². The first-order valence-corrected chi connectivity index (χ1v) is 8.78. The summed E-state index contributed by atoms with van der Waals surface area (Å²) in [7, 11) is 0. The van der Waals surface area contributed by atoms with E-state index in [4.69, 9.17) is 17.3 Å². The van der Waals surface area contributed by atoms with Crippen LogP contribution in [0.25, 0.3) is 6.08 Å². The third-order valence-electron chi connectivity index (χ3n) is 3.22. The number of benzene rings is 1. The average molecular weight is 430 g/mol. The smallest absolute Gasteiger partial charge is 0.326 e. The van der Waals surface area contributed by atoms with Gasteiger partial charge in [-0.25, -0.2) is 4.79 Å². The molecule has 1 heterocycles. The second-order valence-electron chi connectivity index (χ2n) is 4.89. The predicted octanol–water partition coefficient (Wildman–Crippen LogP) is 2.97. The standard InChI is InChI=1S/C15H12BrNO5S2/c16-9-3-1-8(2-4-9)7-11-13(20)17(15(23)24-11)10(14(21)22)5-6-12(18)19/h1-4,7,10H,5-6H2,(H,18,19)(H,21,22)/b11-7-/t10-/m0/s1. The third kappa shape index (κ3) is 4.43. The van der Waals surface area contributed by atoms with Crippen LogP contribution in [-0.4, -0.2) is 43.3 Å². The molecule has 2 rings (SSSR count). The molecule has 1 aromatic rings. The van der Waals surface area contributed by atoms with Gasteiger partial charge >= 0.3 is 11.9 Å². The number of aliphatic carboxylic acids is 2. The topological polar surface area (TPSA) is 94.9 Å². The number of thiocarbonyl (C=S) groups is 1. The summed E-state index contributed by atoms with van der Waals surface area (Å²) in [6.45, 7) is 0. The van der Waals surface area contributed by atoms with Gasteiger partial charge in [-0.15, -0.1) is 0 Å². The lowest BCUT2D eigenvalue weighted by Crippen LogP contribution is -2.44. The molecule has 1 aliphatic heterocycles. The van der Waals surface area contributed by atoms with E-state index in [2.05, 4.69) is 15.9 Å². The van der Waals surface area contributed by atoms with Crippen molar-refractivity contribution in [3.05, 3.63) is 39.2 Å². The van der Waals surface area contributed by atoms with Gasteiger partial charge in [-0.3, -0.25) is 14.5 Å². The fourth-order valence-corrected chi connectivity index (χ4v) is 3.70. The molecule has 1 aromatic carbocycles. The largest absolute Gasteiger partial charge is 0.481 e. The summed E-state index contributed by atoms with van der Waals surface area (Å²) in [5.74, 6) is -2.93. The molecule has 0 saturated carbocycles. The molecule has 126 valence electrons. The van der Waals surface area contributed by atoms with E-state index in [1.54, 1.807) is 18.2 Å². The van der Waals surface area contributed by atoms with E-state index in [9.17, 15) is 19.5 Å². The number of carbonyl (C=O) groups is 3. The van der Waals surface area contributed by atoms with Crippen LogP contribution in [0, 0.1) is 0 Å².